The Kier molecular flexibility index (Phi) is 8.19. The number of furan rings is 1. The van der Waals surface area contributed by atoms with Gasteiger partial charge in [-0.05, 0) is 60.0 Å². The molecule has 0 bridgehead atoms. The van der Waals surface area contributed by atoms with E-state index in [0.717, 1.165) is 58.4 Å². The third-order valence-electron chi connectivity index (χ3n) is 5.92. The number of carboxylic acid groups (broad SMARTS) is 1. The summed E-state index contributed by atoms with van der Waals surface area (Å²) in [6.07, 6.45) is 2.19. The second kappa shape index (κ2) is 11.7. The maximum absolute atomic E-state index is 11.2. The molecule has 6 nitrogen and oxygen atoms in total. The van der Waals surface area contributed by atoms with Crippen LogP contribution in [0.15, 0.2) is 71.1 Å². The number of hydrogen-bond acceptors (Lipinski definition) is 5. The van der Waals surface area contributed by atoms with Crippen LogP contribution >= 0.6 is 0 Å². The summed E-state index contributed by atoms with van der Waals surface area (Å²) in [7, 11) is 0. The molecule has 0 atom stereocenters. The van der Waals surface area contributed by atoms with Crippen LogP contribution in [-0.2, 0) is 30.9 Å². The van der Waals surface area contributed by atoms with Crippen LogP contribution in [0.25, 0.3) is 22.1 Å². The van der Waals surface area contributed by atoms with E-state index in [1.165, 1.54) is 0 Å². The van der Waals surface area contributed by atoms with E-state index in [-0.39, 0.29) is 6.42 Å². The van der Waals surface area contributed by atoms with Crippen molar-refractivity contribution in [1.29, 1.82) is 0 Å². The molecule has 0 aliphatic rings. The second-order valence-electron chi connectivity index (χ2n) is 8.68. The van der Waals surface area contributed by atoms with Crippen LogP contribution in [-0.4, -0.2) is 17.6 Å². The smallest absolute Gasteiger partial charge is 0.307 e. The zero-order valence-electron chi connectivity index (χ0n) is 20.0. The number of fused-ring (bicyclic) bond motifs is 1. The molecule has 0 aliphatic carbocycles. The van der Waals surface area contributed by atoms with Gasteiger partial charge in [0.15, 0.2) is 0 Å². The summed E-state index contributed by atoms with van der Waals surface area (Å²) in [4.78, 5) is 11.2. The number of nitrogens with two attached hydrogens (primary N) is 1. The Balaban J connectivity index is 1.66. The monoisotopic (exact) mass is 472 g/mol. The van der Waals surface area contributed by atoms with E-state index in [1.54, 1.807) is 12.1 Å². The van der Waals surface area contributed by atoms with Crippen molar-refractivity contribution in [2.75, 3.05) is 6.54 Å². The van der Waals surface area contributed by atoms with Crippen molar-refractivity contribution in [3.63, 3.8) is 0 Å². The summed E-state index contributed by atoms with van der Waals surface area (Å²) < 4.78 is 12.4. The molecule has 4 rings (SSSR count). The minimum atomic E-state index is -0.886. The first-order chi connectivity index (χ1) is 17.1. The zero-order valence-corrected chi connectivity index (χ0v) is 20.0. The number of carboxylic acids is 1. The van der Waals surface area contributed by atoms with Gasteiger partial charge in [0, 0.05) is 23.1 Å². The lowest BCUT2D eigenvalue weighted by atomic mass is 9.99. The third kappa shape index (κ3) is 6.29. The lowest BCUT2D eigenvalue weighted by molar-refractivity contribution is -0.136. The fourth-order valence-electron chi connectivity index (χ4n) is 4.15. The van der Waals surface area contributed by atoms with Gasteiger partial charge in [-0.1, -0.05) is 49.7 Å². The fraction of sp³-hybridized carbons (Fsp3) is 0.276. The highest BCUT2D eigenvalue weighted by Crippen LogP contribution is 2.34. The van der Waals surface area contributed by atoms with Crippen LogP contribution in [0.4, 0.5) is 0 Å². The molecule has 4 N–H and O–H groups in total. The Morgan fingerprint density at radius 2 is 1.91 bits per heavy atom. The first-order valence-electron chi connectivity index (χ1n) is 12.0. The lowest BCUT2D eigenvalue weighted by Crippen LogP contribution is -2.13. The molecular weight excluding hydrogens is 440 g/mol. The summed E-state index contributed by atoms with van der Waals surface area (Å²) in [6, 6.07) is 21.6. The van der Waals surface area contributed by atoms with E-state index in [0.29, 0.717) is 31.0 Å². The SMILES string of the molecule is CCCCNCc1cc2cc(COc3ccccc3CC(=O)O)cc(-c3cccc(CN)c3)c2o1. The number of hydrogen-bond donors (Lipinski definition) is 3. The normalized spacial score (nSPS) is 11.1. The number of unbranched alkanes of at least 4 members (excludes halogenated alkanes) is 1. The first kappa shape index (κ1) is 24.5. The predicted octanol–water partition coefficient (Wildman–Crippen LogP) is 5.65. The quantitative estimate of drug-likeness (QED) is 0.230. The van der Waals surface area contributed by atoms with Gasteiger partial charge in [0.1, 0.15) is 23.7 Å². The molecule has 4 aromatic rings. The number of para-hydroxylation sites is 1. The highest BCUT2D eigenvalue weighted by Gasteiger charge is 2.14. The van der Waals surface area contributed by atoms with Gasteiger partial charge in [0.2, 0.25) is 0 Å². The Labute approximate surface area is 205 Å². The molecule has 0 saturated heterocycles. The molecule has 1 aromatic heterocycles. The Morgan fingerprint density at radius 3 is 2.71 bits per heavy atom. The summed E-state index contributed by atoms with van der Waals surface area (Å²) in [5.74, 6) is 0.579. The van der Waals surface area contributed by atoms with Crippen LogP contribution in [0, 0.1) is 0 Å². The van der Waals surface area contributed by atoms with Crippen LogP contribution in [0.5, 0.6) is 5.75 Å². The highest BCUT2D eigenvalue weighted by atomic mass is 16.5. The van der Waals surface area contributed by atoms with Crippen LogP contribution in [0.2, 0.25) is 0 Å². The van der Waals surface area contributed by atoms with E-state index in [1.807, 2.05) is 24.3 Å². The summed E-state index contributed by atoms with van der Waals surface area (Å²) in [6.45, 7) is 4.57. The van der Waals surface area contributed by atoms with Crippen LogP contribution in [0.3, 0.4) is 0 Å². The average molecular weight is 473 g/mol. The minimum Gasteiger partial charge on any atom is -0.489 e. The van der Waals surface area contributed by atoms with Gasteiger partial charge in [-0.15, -0.1) is 0 Å². The van der Waals surface area contributed by atoms with Crippen LogP contribution < -0.4 is 15.8 Å². The van der Waals surface area contributed by atoms with Gasteiger partial charge >= 0.3 is 5.97 Å². The average Bonchev–Trinajstić information content (AvgIpc) is 3.28. The molecule has 0 radical (unpaired) electrons. The number of carbonyl (C=O) groups is 1. The van der Waals surface area contributed by atoms with Crippen molar-refractivity contribution in [3.05, 3.63) is 89.2 Å². The van der Waals surface area contributed by atoms with Gasteiger partial charge in [-0.3, -0.25) is 4.79 Å². The van der Waals surface area contributed by atoms with Gasteiger partial charge < -0.3 is 25.3 Å². The highest BCUT2D eigenvalue weighted by molar-refractivity contribution is 5.93. The number of nitrogens with one attached hydrogen (secondary N) is 1. The largest absolute Gasteiger partial charge is 0.489 e. The van der Waals surface area contributed by atoms with E-state index >= 15 is 0 Å². The molecule has 0 amide bonds. The first-order valence-corrected chi connectivity index (χ1v) is 12.0. The molecule has 6 heteroatoms. The maximum atomic E-state index is 11.2. The van der Waals surface area contributed by atoms with E-state index < -0.39 is 5.97 Å². The zero-order chi connectivity index (χ0) is 24.6. The Hall–Kier alpha value is -3.61. The molecular formula is C29H32N2O4. The summed E-state index contributed by atoms with van der Waals surface area (Å²) in [5.41, 5.74) is 11.4. The van der Waals surface area contributed by atoms with Crippen molar-refractivity contribution >= 4 is 16.9 Å². The molecule has 1 heterocycles. The van der Waals surface area contributed by atoms with E-state index in [2.05, 4.69) is 42.6 Å². The van der Waals surface area contributed by atoms with E-state index in [9.17, 15) is 9.90 Å². The number of aliphatic carboxylic acids is 1. The van der Waals surface area contributed by atoms with Crippen molar-refractivity contribution in [2.45, 2.75) is 45.9 Å². The predicted molar refractivity (Wildman–Crippen MR) is 138 cm³/mol. The standard InChI is InChI=1S/C29H32N2O4/c1-2-3-11-31-18-25-15-24-13-21(19-34-27-10-5-4-8-23(27)16-28(32)33)14-26(29(24)35-25)22-9-6-7-20(12-22)17-30/h4-10,12-15,31H,2-3,11,16-19,30H2,1H3,(H,32,33). The minimum absolute atomic E-state index is 0.0809. The number of benzene rings is 3. The molecule has 0 fully saturated rings. The maximum Gasteiger partial charge on any atom is 0.307 e. The van der Waals surface area contributed by atoms with Crippen molar-refractivity contribution < 1.29 is 19.1 Å². The fourth-order valence-corrected chi connectivity index (χ4v) is 4.15. The molecule has 0 spiro atoms. The third-order valence-corrected chi connectivity index (χ3v) is 5.92. The Morgan fingerprint density at radius 1 is 1.06 bits per heavy atom. The van der Waals surface area contributed by atoms with Gasteiger partial charge in [-0.2, -0.15) is 0 Å². The molecule has 0 unspecified atom stereocenters. The molecule has 182 valence electrons. The van der Waals surface area contributed by atoms with Crippen LogP contribution in [0.1, 0.15) is 42.2 Å². The van der Waals surface area contributed by atoms with Crippen molar-refractivity contribution in [3.8, 4) is 16.9 Å². The van der Waals surface area contributed by atoms with Gasteiger partial charge in [0.25, 0.3) is 0 Å². The topological polar surface area (TPSA) is 97.7 Å². The molecule has 0 aliphatic heterocycles. The number of ether oxygens (including phenoxy) is 1. The summed E-state index contributed by atoms with van der Waals surface area (Å²) in [5, 5.41) is 13.7. The summed E-state index contributed by atoms with van der Waals surface area (Å²) >= 11 is 0. The second-order valence-corrected chi connectivity index (χ2v) is 8.68. The van der Waals surface area contributed by atoms with Gasteiger partial charge in [-0.25, -0.2) is 0 Å². The van der Waals surface area contributed by atoms with Crippen molar-refractivity contribution in [2.24, 2.45) is 5.73 Å². The lowest BCUT2D eigenvalue weighted by Gasteiger charge is -2.12. The Bertz CT molecular complexity index is 1300. The molecule has 0 saturated carbocycles. The molecule has 3 aromatic carbocycles. The van der Waals surface area contributed by atoms with Crippen molar-refractivity contribution in [1.82, 2.24) is 5.32 Å². The number of rotatable bonds is 12. The van der Waals surface area contributed by atoms with Gasteiger partial charge in [0.05, 0.1) is 13.0 Å². The van der Waals surface area contributed by atoms with E-state index in [4.69, 9.17) is 14.9 Å². The molecule has 35 heavy (non-hydrogen) atoms.